The van der Waals surface area contributed by atoms with E-state index in [-0.39, 0.29) is 12.4 Å². The first-order valence-corrected chi connectivity index (χ1v) is 5.42. The van der Waals surface area contributed by atoms with Crippen molar-refractivity contribution in [3.8, 4) is 11.3 Å². The van der Waals surface area contributed by atoms with Crippen molar-refractivity contribution < 1.29 is 0 Å². The number of hydrogen-bond acceptors (Lipinski definition) is 3. The molecule has 1 heterocycles. The summed E-state index contributed by atoms with van der Waals surface area (Å²) >= 11 is 11.8. The van der Waals surface area contributed by atoms with Crippen LogP contribution in [0.25, 0.3) is 11.3 Å². The third-order valence-corrected chi connectivity index (χ3v) is 2.89. The fourth-order valence-electron chi connectivity index (χ4n) is 1.32. The Labute approximate surface area is 115 Å². The summed E-state index contributed by atoms with van der Waals surface area (Å²) in [4.78, 5) is 8.19. The van der Waals surface area contributed by atoms with Gasteiger partial charge in [0.2, 0.25) is 0 Å². The van der Waals surface area contributed by atoms with Crippen LogP contribution in [0.1, 0.15) is 5.69 Å². The molecular weight excluding hydrogens is 281 g/mol. The highest BCUT2D eigenvalue weighted by Crippen LogP contribution is 2.27. The summed E-state index contributed by atoms with van der Waals surface area (Å²) in [5.74, 6) is 0. The standard InChI is InChI=1S/C11H9Cl2N3.ClH/c12-9-2-1-7(3-10(9)13)11-4-8(5-14)15-6-16-11;/h1-4,6H,5,14H2;1H. The lowest BCUT2D eigenvalue weighted by Gasteiger charge is -2.03. The van der Waals surface area contributed by atoms with Crippen molar-refractivity contribution in [2.75, 3.05) is 0 Å². The predicted octanol–water partition coefficient (Wildman–Crippen LogP) is 3.33. The molecule has 0 saturated heterocycles. The average molecular weight is 291 g/mol. The zero-order valence-corrected chi connectivity index (χ0v) is 11.1. The second-order valence-electron chi connectivity index (χ2n) is 3.23. The summed E-state index contributed by atoms with van der Waals surface area (Å²) in [5, 5.41) is 1.03. The lowest BCUT2D eigenvalue weighted by molar-refractivity contribution is 0.966. The van der Waals surface area contributed by atoms with Crippen LogP contribution in [-0.2, 0) is 6.54 Å². The molecule has 0 radical (unpaired) electrons. The molecule has 0 aliphatic rings. The van der Waals surface area contributed by atoms with Gasteiger partial charge in [-0.1, -0.05) is 29.3 Å². The van der Waals surface area contributed by atoms with Crippen LogP contribution in [0.3, 0.4) is 0 Å². The van der Waals surface area contributed by atoms with Gasteiger partial charge in [-0.15, -0.1) is 12.4 Å². The Hall–Kier alpha value is -0.870. The molecule has 6 heteroatoms. The summed E-state index contributed by atoms with van der Waals surface area (Å²) in [5.41, 5.74) is 7.98. The van der Waals surface area contributed by atoms with E-state index in [1.54, 1.807) is 12.1 Å². The second kappa shape index (κ2) is 6.17. The first-order valence-electron chi connectivity index (χ1n) is 4.67. The molecule has 0 amide bonds. The Morgan fingerprint density at radius 1 is 1.06 bits per heavy atom. The third-order valence-electron chi connectivity index (χ3n) is 2.15. The average Bonchev–Trinajstić information content (AvgIpc) is 2.33. The van der Waals surface area contributed by atoms with Gasteiger partial charge in [-0.25, -0.2) is 9.97 Å². The van der Waals surface area contributed by atoms with Crippen LogP contribution in [0.5, 0.6) is 0 Å². The normalized spacial score (nSPS) is 9.82. The zero-order valence-electron chi connectivity index (χ0n) is 8.73. The van der Waals surface area contributed by atoms with Crippen LogP contribution in [0.4, 0.5) is 0 Å². The fraction of sp³-hybridized carbons (Fsp3) is 0.0909. The van der Waals surface area contributed by atoms with Crippen LogP contribution >= 0.6 is 35.6 Å². The molecule has 0 aliphatic carbocycles. The maximum absolute atomic E-state index is 5.94. The van der Waals surface area contributed by atoms with Crippen LogP contribution in [0.2, 0.25) is 10.0 Å². The third kappa shape index (κ3) is 3.30. The molecule has 1 aromatic heterocycles. The van der Waals surface area contributed by atoms with Crippen LogP contribution in [-0.4, -0.2) is 9.97 Å². The minimum absolute atomic E-state index is 0. The molecule has 2 N–H and O–H groups in total. The van der Waals surface area contributed by atoms with Gasteiger partial charge in [0, 0.05) is 12.1 Å². The number of rotatable bonds is 2. The molecule has 17 heavy (non-hydrogen) atoms. The molecule has 0 saturated carbocycles. The van der Waals surface area contributed by atoms with Crippen molar-refractivity contribution in [1.82, 2.24) is 9.97 Å². The smallest absolute Gasteiger partial charge is 0.116 e. The molecule has 0 unspecified atom stereocenters. The minimum atomic E-state index is 0. The van der Waals surface area contributed by atoms with E-state index in [0.717, 1.165) is 17.0 Å². The first kappa shape index (κ1) is 14.2. The number of aromatic nitrogens is 2. The number of nitrogens with two attached hydrogens (primary N) is 1. The molecule has 0 spiro atoms. The van der Waals surface area contributed by atoms with Gasteiger partial charge in [0.1, 0.15) is 6.33 Å². The Balaban J connectivity index is 0.00000144. The van der Waals surface area contributed by atoms with Gasteiger partial charge in [-0.3, -0.25) is 0 Å². The molecule has 3 nitrogen and oxygen atoms in total. The van der Waals surface area contributed by atoms with Crippen molar-refractivity contribution in [2.24, 2.45) is 5.73 Å². The Bertz CT molecular complexity index is 517. The van der Waals surface area contributed by atoms with Gasteiger partial charge >= 0.3 is 0 Å². The summed E-state index contributed by atoms with van der Waals surface area (Å²) < 4.78 is 0. The van der Waals surface area contributed by atoms with Crippen molar-refractivity contribution >= 4 is 35.6 Å². The lowest BCUT2D eigenvalue weighted by Crippen LogP contribution is -2.00. The highest BCUT2D eigenvalue weighted by atomic mass is 35.5. The molecular formula is C11H10Cl3N3. The molecule has 1 aromatic carbocycles. The van der Waals surface area contributed by atoms with Crippen molar-refractivity contribution in [3.63, 3.8) is 0 Å². The van der Waals surface area contributed by atoms with E-state index < -0.39 is 0 Å². The van der Waals surface area contributed by atoms with Crippen LogP contribution in [0.15, 0.2) is 30.6 Å². The van der Waals surface area contributed by atoms with E-state index in [0.29, 0.717) is 16.6 Å². The number of benzene rings is 1. The highest BCUT2D eigenvalue weighted by Gasteiger charge is 2.04. The van der Waals surface area contributed by atoms with Crippen molar-refractivity contribution in [1.29, 1.82) is 0 Å². The van der Waals surface area contributed by atoms with Gasteiger partial charge < -0.3 is 5.73 Å². The Morgan fingerprint density at radius 2 is 1.82 bits per heavy atom. The predicted molar refractivity (Wildman–Crippen MR) is 72.6 cm³/mol. The number of hydrogen-bond donors (Lipinski definition) is 1. The summed E-state index contributed by atoms with van der Waals surface area (Å²) in [6.07, 6.45) is 1.49. The molecule has 2 rings (SSSR count). The number of nitrogens with zero attached hydrogens (tertiary/aromatic N) is 2. The zero-order chi connectivity index (χ0) is 11.5. The van der Waals surface area contributed by atoms with Crippen molar-refractivity contribution in [3.05, 3.63) is 46.3 Å². The van der Waals surface area contributed by atoms with Crippen LogP contribution in [0, 0.1) is 0 Å². The molecule has 0 aliphatic heterocycles. The Kier molecular flexibility index (Phi) is 5.15. The molecule has 90 valence electrons. The monoisotopic (exact) mass is 289 g/mol. The van der Waals surface area contributed by atoms with E-state index in [1.807, 2.05) is 12.1 Å². The van der Waals surface area contributed by atoms with Gasteiger partial charge in [-0.2, -0.15) is 0 Å². The maximum Gasteiger partial charge on any atom is 0.116 e. The summed E-state index contributed by atoms with van der Waals surface area (Å²) in [6, 6.07) is 7.20. The SMILES string of the molecule is Cl.NCc1cc(-c2ccc(Cl)c(Cl)c2)ncn1. The largest absolute Gasteiger partial charge is 0.325 e. The molecule has 0 fully saturated rings. The van der Waals surface area contributed by atoms with E-state index in [9.17, 15) is 0 Å². The topological polar surface area (TPSA) is 51.8 Å². The van der Waals surface area contributed by atoms with E-state index in [2.05, 4.69) is 9.97 Å². The molecule has 2 aromatic rings. The summed E-state index contributed by atoms with van der Waals surface area (Å²) in [7, 11) is 0. The second-order valence-corrected chi connectivity index (χ2v) is 4.04. The van der Waals surface area contributed by atoms with Gasteiger partial charge in [-0.05, 0) is 18.2 Å². The van der Waals surface area contributed by atoms with Crippen LogP contribution < -0.4 is 5.73 Å². The van der Waals surface area contributed by atoms with Gasteiger partial charge in [0.25, 0.3) is 0 Å². The van der Waals surface area contributed by atoms with E-state index >= 15 is 0 Å². The van der Waals surface area contributed by atoms with Crippen molar-refractivity contribution in [2.45, 2.75) is 6.54 Å². The lowest BCUT2D eigenvalue weighted by atomic mass is 10.1. The fourth-order valence-corrected chi connectivity index (χ4v) is 1.62. The molecule has 0 atom stereocenters. The summed E-state index contributed by atoms with van der Waals surface area (Å²) in [6.45, 7) is 0.386. The highest BCUT2D eigenvalue weighted by molar-refractivity contribution is 6.42. The van der Waals surface area contributed by atoms with Gasteiger partial charge in [0.15, 0.2) is 0 Å². The van der Waals surface area contributed by atoms with E-state index in [4.69, 9.17) is 28.9 Å². The Morgan fingerprint density at radius 3 is 2.47 bits per heavy atom. The van der Waals surface area contributed by atoms with E-state index in [1.165, 1.54) is 6.33 Å². The first-order chi connectivity index (χ1) is 7.70. The quantitative estimate of drug-likeness (QED) is 0.923. The molecule has 0 bridgehead atoms. The van der Waals surface area contributed by atoms with Gasteiger partial charge in [0.05, 0.1) is 21.4 Å². The minimum Gasteiger partial charge on any atom is -0.325 e. The maximum atomic E-state index is 5.94. The number of halogens is 3.